The maximum atomic E-state index is 12.5. The number of aromatic nitrogens is 4. The van der Waals surface area contributed by atoms with Crippen molar-refractivity contribution in [1.29, 1.82) is 0 Å². The Morgan fingerprint density at radius 2 is 2.15 bits per heavy atom. The lowest BCUT2D eigenvalue weighted by Crippen LogP contribution is -2.44. The molecule has 12 heteroatoms. The van der Waals surface area contributed by atoms with Gasteiger partial charge in [0.2, 0.25) is 15.9 Å². The Bertz CT molecular complexity index is 966. The van der Waals surface area contributed by atoms with E-state index in [0.717, 1.165) is 12.8 Å². The molecular formula is C14H20N6O4S2. The molecule has 2 heterocycles. The summed E-state index contributed by atoms with van der Waals surface area (Å²) in [6, 6.07) is -0.659. The van der Waals surface area contributed by atoms with E-state index in [4.69, 9.17) is 16.7 Å². The van der Waals surface area contributed by atoms with Crippen molar-refractivity contribution in [2.24, 2.45) is 0 Å². The molecule has 10 nitrogen and oxygen atoms in total. The molecule has 1 amide bonds. The maximum Gasteiger partial charge on any atom is 0.246 e. The van der Waals surface area contributed by atoms with E-state index in [0.29, 0.717) is 16.6 Å². The van der Waals surface area contributed by atoms with Crippen LogP contribution >= 0.6 is 12.2 Å². The van der Waals surface area contributed by atoms with Gasteiger partial charge in [0.1, 0.15) is 10.6 Å². The second kappa shape index (κ2) is 6.93. The highest BCUT2D eigenvalue weighted by Crippen LogP contribution is 2.35. The zero-order valence-corrected chi connectivity index (χ0v) is 16.2. The average Bonchev–Trinajstić information content (AvgIpc) is 3.24. The predicted octanol–water partition coefficient (Wildman–Crippen LogP) is 0.864. The van der Waals surface area contributed by atoms with E-state index in [9.17, 15) is 13.2 Å². The summed E-state index contributed by atoms with van der Waals surface area (Å²) in [5.41, 5.74) is 0.239. The highest BCUT2D eigenvalue weighted by molar-refractivity contribution is 7.89. The number of hydrogen-bond donors (Lipinski definition) is 3. The molecule has 1 atom stereocenters. The fourth-order valence-electron chi connectivity index (χ4n) is 2.69. The van der Waals surface area contributed by atoms with Crippen LogP contribution in [0.2, 0.25) is 0 Å². The first kappa shape index (κ1) is 18.7. The first-order chi connectivity index (χ1) is 12.2. The number of nitrogens with zero attached hydrogens (tertiary/aromatic N) is 3. The Hall–Kier alpha value is -2.05. The van der Waals surface area contributed by atoms with Gasteiger partial charge in [-0.3, -0.25) is 14.5 Å². The van der Waals surface area contributed by atoms with Gasteiger partial charge in [0.05, 0.1) is 12.6 Å². The van der Waals surface area contributed by atoms with Crippen LogP contribution in [0.25, 0.3) is 0 Å². The van der Waals surface area contributed by atoms with E-state index in [2.05, 4.69) is 25.4 Å². The van der Waals surface area contributed by atoms with E-state index in [1.54, 1.807) is 0 Å². The van der Waals surface area contributed by atoms with Gasteiger partial charge in [-0.25, -0.2) is 8.42 Å². The summed E-state index contributed by atoms with van der Waals surface area (Å²) in [6.07, 6.45) is 2.06. The molecule has 0 radical (unpaired) electrons. The van der Waals surface area contributed by atoms with Gasteiger partial charge in [-0.15, -0.1) is 0 Å². The second-order valence-electron chi connectivity index (χ2n) is 6.26. The van der Waals surface area contributed by atoms with Crippen molar-refractivity contribution in [1.82, 2.24) is 30.0 Å². The monoisotopic (exact) mass is 400 g/mol. The molecule has 142 valence electrons. The highest BCUT2D eigenvalue weighted by atomic mass is 32.2. The molecule has 0 spiro atoms. The molecule has 0 saturated heterocycles. The van der Waals surface area contributed by atoms with Gasteiger partial charge in [0.25, 0.3) is 0 Å². The number of carbonyl (C=O) groups is 1. The van der Waals surface area contributed by atoms with Crippen LogP contribution in [-0.4, -0.2) is 40.3 Å². The van der Waals surface area contributed by atoms with Crippen LogP contribution in [0, 0.1) is 18.6 Å². The Balaban J connectivity index is 1.64. The Morgan fingerprint density at radius 1 is 1.46 bits per heavy atom. The first-order valence-corrected chi connectivity index (χ1v) is 9.98. The summed E-state index contributed by atoms with van der Waals surface area (Å²) in [5, 5.41) is 13.1. The molecule has 3 N–H and O–H groups in total. The largest absolute Gasteiger partial charge is 0.360 e. The summed E-state index contributed by atoms with van der Waals surface area (Å²) >= 11 is 5.19. The van der Waals surface area contributed by atoms with Crippen LogP contribution in [0.1, 0.15) is 43.1 Å². The van der Waals surface area contributed by atoms with Crippen LogP contribution in [0.3, 0.4) is 0 Å². The molecule has 2 aromatic rings. The molecule has 0 aromatic carbocycles. The zero-order valence-electron chi connectivity index (χ0n) is 14.6. The molecule has 0 aliphatic heterocycles. The molecule has 0 bridgehead atoms. The van der Waals surface area contributed by atoms with Crippen molar-refractivity contribution in [3.8, 4) is 0 Å². The summed E-state index contributed by atoms with van der Waals surface area (Å²) < 4.78 is 34.5. The van der Waals surface area contributed by atoms with Crippen molar-refractivity contribution >= 4 is 28.1 Å². The summed E-state index contributed by atoms with van der Waals surface area (Å²) in [5.74, 6) is 0.311. The number of aryl methyl sites for hydroxylation is 2. The lowest BCUT2D eigenvalue weighted by atomic mass is 10.3. The minimum absolute atomic E-state index is 0.0493. The van der Waals surface area contributed by atoms with Gasteiger partial charge in [-0.1, -0.05) is 5.16 Å². The molecule has 1 aliphatic rings. The molecule has 26 heavy (non-hydrogen) atoms. The number of nitrogens with one attached hydrogen (secondary N) is 3. The van der Waals surface area contributed by atoms with E-state index in [1.807, 2.05) is 4.57 Å². The first-order valence-electron chi connectivity index (χ1n) is 8.09. The number of H-pyrrole nitrogens is 1. The number of carbonyl (C=O) groups excluding carboxylic acids is 1. The topological polar surface area (TPSA) is 135 Å². The molecule has 2 aromatic heterocycles. The molecule has 1 aliphatic carbocycles. The number of rotatable bonds is 7. The van der Waals surface area contributed by atoms with E-state index >= 15 is 0 Å². The SMILES string of the molecule is Cc1noc(C)c1S(=O)(=O)N[C@@H](C)C(=O)NCc1n[nH]c(=S)n1C1CC1. The van der Waals surface area contributed by atoms with E-state index in [-0.39, 0.29) is 22.9 Å². The lowest BCUT2D eigenvalue weighted by molar-refractivity contribution is -0.122. The van der Waals surface area contributed by atoms with Crippen LogP contribution in [0.4, 0.5) is 0 Å². The number of hydrogen-bond acceptors (Lipinski definition) is 7. The van der Waals surface area contributed by atoms with Gasteiger partial charge in [-0.05, 0) is 45.8 Å². The number of sulfonamides is 1. The van der Waals surface area contributed by atoms with Crippen LogP contribution in [0.15, 0.2) is 9.42 Å². The fraction of sp³-hybridized carbons (Fsp3) is 0.571. The summed E-state index contributed by atoms with van der Waals surface area (Å²) in [7, 11) is -3.92. The Labute approximate surface area is 155 Å². The zero-order chi connectivity index (χ0) is 19.1. The molecular weight excluding hydrogens is 380 g/mol. The smallest absolute Gasteiger partial charge is 0.246 e. The van der Waals surface area contributed by atoms with Gasteiger partial charge in [0.15, 0.2) is 16.4 Å². The Kier molecular flexibility index (Phi) is 4.99. The third kappa shape index (κ3) is 3.71. The number of amides is 1. The molecule has 0 unspecified atom stereocenters. The van der Waals surface area contributed by atoms with Crippen molar-refractivity contribution < 1.29 is 17.7 Å². The second-order valence-corrected chi connectivity index (χ2v) is 8.30. The number of aromatic amines is 1. The van der Waals surface area contributed by atoms with Crippen molar-refractivity contribution in [2.75, 3.05) is 0 Å². The Morgan fingerprint density at radius 3 is 2.73 bits per heavy atom. The molecule has 1 saturated carbocycles. The summed E-state index contributed by atoms with van der Waals surface area (Å²) in [6.45, 7) is 4.64. The minimum atomic E-state index is -3.92. The molecule has 3 rings (SSSR count). The standard InChI is InChI=1S/C14H20N6O4S2/c1-7-12(9(3)24-18-7)26(22,23)19-8(2)13(21)15-6-11-16-17-14(25)20(11)10-4-5-10/h8,10,19H,4-6H2,1-3H3,(H,15,21)(H,17,25)/t8-/m0/s1. The normalized spacial score (nSPS) is 15.8. The van der Waals surface area contributed by atoms with Crippen LogP contribution in [-0.2, 0) is 21.4 Å². The van der Waals surface area contributed by atoms with Crippen molar-refractivity contribution in [3.05, 3.63) is 22.0 Å². The maximum absolute atomic E-state index is 12.5. The van der Waals surface area contributed by atoms with E-state index < -0.39 is 22.0 Å². The van der Waals surface area contributed by atoms with E-state index in [1.165, 1.54) is 20.8 Å². The molecule has 1 fully saturated rings. The third-order valence-electron chi connectivity index (χ3n) is 4.07. The van der Waals surface area contributed by atoms with Gasteiger partial charge in [0, 0.05) is 6.04 Å². The van der Waals surface area contributed by atoms with Crippen LogP contribution < -0.4 is 10.0 Å². The third-order valence-corrected chi connectivity index (χ3v) is 6.14. The quantitative estimate of drug-likeness (QED) is 0.587. The summed E-state index contributed by atoms with van der Waals surface area (Å²) in [4.78, 5) is 12.2. The van der Waals surface area contributed by atoms with Gasteiger partial charge in [-0.2, -0.15) is 9.82 Å². The predicted molar refractivity (Wildman–Crippen MR) is 93.3 cm³/mol. The van der Waals surface area contributed by atoms with Crippen molar-refractivity contribution in [2.45, 2.75) is 57.1 Å². The fourth-order valence-corrected chi connectivity index (χ4v) is 4.53. The van der Waals surface area contributed by atoms with Crippen LogP contribution in [0.5, 0.6) is 0 Å². The van der Waals surface area contributed by atoms with Crippen molar-refractivity contribution in [3.63, 3.8) is 0 Å². The lowest BCUT2D eigenvalue weighted by Gasteiger charge is -2.14. The van der Waals surface area contributed by atoms with Gasteiger partial charge >= 0.3 is 0 Å². The average molecular weight is 400 g/mol. The van der Waals surface area contributed by atoms with Gasteiger partial charge < -0.3 is 9.84 Å². The highest BCUT2D eigenvalue weighted by Gasteiger charge is 2.29. The minimum Gasteiger partial charge on any atom is -0.360 e.